The first-order chi connectivity index (χ1) is 7.08. The average Bonchev–Trinajstić information content (AvgIpc) is 2.14. The monoisotopic (exact) mass is 213 g/mol. The maximum Gasteiger partial charge on any atom is 0.231 e. The van der Waals surface area contributed by atoms with Gasteiger partial charge in [0, 0.05) is 12.6 Å². The van der Waals surface area contributed by atoms with Gasteiger partial charge in [0.25, 0.3) is 0 Å². The molecule has 0 radical (unpaired) electrons. The molecule has 1 saturated heterocycles. The van der Waals surface area contributed by atoms with E-state index in [-0.39, 0.29) is 5.91 Å². The van der Waals surface area contributed by atoms with Gasteiger partial charge >= 0.3 is 0 Å². The largest absolute Gasteiger partial charge is 0.369 e. The number of nitrogens with one attached hydrogen (secondary N) is 1. The second-order valence-electron chi connectivity index (χ2n) is 4.77. The molecule has 88 valence electrons. The van der Waals surface area contributed by atoms with Crippen molar-refractivity contribution in [2.45, 2.75) is 32.7 Å². The fourth-order valence-corrected chi connectivity index (χ4v) is 2.08. The predicted octanol–water partition coefficient (Wildman–Crippen LogP) is 0.182. The second kappa shape index (κ2) is 6.08. The molecule has 0 aromatic heterocycles. The number of carbonyl (C=O) groups is 1. The fraction of sp³-hybridized carbons (Fsp3) is 0.909. The van der Waals surface area contributed by atoms with Crippen molar-refractivity contribution in [3.05, 3.63) is 0 Å². The van der Waals surface area contributed by atoms with E-state index in [9.17, 15) is 4.79 Å². The van der Waals surface area contributed by atoms with E-state index in [0.717, 1.165) is 19.6 Å². The van der Waals surface area contributed by atoms with Crippen molar-refractivity contribution in [1.29, 1.82) is 0 Å². The van der Waals surface area contributed by atoms with Crippen LogP contribution in [0.4, 0.5) is 0 Å². The first-order valence-electron chi connectivity index (χ1n) is 5.82. The van der Waals surface area contributed by atoms with E-state index < -0.39 is 0 Å². The molecule has 1 aliphatic heterocycles. The predicted molar refractivity (Wildman–Crippen MR) is 61.5 cm³/mol. The quantitative estimate of drug-likeness (QED) is 0.685. The van der Waals surface area contributed by atoms with Crippen molar-refractivity contribution in [1.82, 2.24) is 10.2 Å². The van der Waals surface area contributed by atoms with Crippen LogP contribution in [0.1, 0.15) is 26.7 Å². The third-order valence-electron chi connectivity index (χ3n) is 2.80. The van der Waals surface area contributed by atoms with Crippen LogP contribution in [0.2, 0.25) is 0 Å². The SMILES string of the molecule is CC(C)NCC1CCCN(CC(N)=O)C1. The lowest BCUT2D eigenvalue weighted by Crippen LogP contribution is -2.44. The van der Waals surface area contributed by atoms with Gasteiger partial charge in [-0.2, -0.15) is 0 Å². The number of hydrogen-bond acceptors (Lipinski definition) is 3. The van der Waals surface area contributed by atoms with E-state index in [1.54, 1.807) is 0 Å². The van der Waals surface area contributed by atoms with Gasteiger partial charge in [0.2, 0.25) is 5.91 Å². The van der Waals surface area contributed by atoms with Crippen LogP contribution < -0.4 is 11.1 Å². The molecule has 4 nitrogen and oxygen atoms in total. The highest BCUT2D eigenvalue weighted by Gasteiger charge is 2.20. The van der Waals surface area contributed by atoms with Crippen LogP contribution in [-0.4, -0.2) is 43.0 Å². The molecule has 1 atom stereocenters. The minimum Gasteiger partial charge on any atom is -0.369 e. The van der Waals surface area contributed by atoms with Gasteiger partial charge in [-0.3, -0.25) is 9.69 Å². The molecule has 0 saturated carbocycles. The molecule has 0 aromatic carbocycles. The summed E-state index contributed by atoms with van der Waals surface area (Å²) < 4.78 is 0. The molecule has 1 heterocycles. The molecular weight excluding hydrogens is 190 g/mol. The Morgan fingerprint density at radius 1 is 1.60 bits per heavy atom. The molecular formula is C11H23N3O. The maximum absolute atomic E-state index is 10.8. The summed E-state index contributed by atoms with van der Waals surface area (Å²) in [5.74, 6) is 0.452. The molecule has 1 rings (SSSR count). The van der Waals surface area contributed by atoms with E-state index >= 15 is 0 Å². The summed E-state index contributed by atoms with van der Waals surface area (Å²) in [6, 6.07) is 0.538. The molecule has 1 unspecified atom stereocenters. The topological polar surface area (TPSA) is 58.4 Å². The van der Waals surface area contributed by atoms with Crippen molar-refractivity contribution < 1.29 is 4.79 Å². The van der Waals surface area contributed by atoms with Crippen LogP contribution in [0.3, 0.4) is 0 Å². The van der Waals surface area contributed by atoms with E-state index in [4.69, 9.17) is 5.73 Å². The molecule has 1 fully saturated rings. The molecule has 1 aliphatic rings. The highest BCUT2D eigenvalue weighted by molar-refractivity contribution is 5.75. The van der Waals surface area contributed by atoms with Gasteiger partial charge in [0.15, 0.2) is 0 Å². The second-order valence-corrected chi connectivity index (χ2v) is 4.77. The van der Waals surface area contributed by atoms with Crippen LogP contribution in [0.25, 0.3) is 0 Å². The Morgan fingerprint density at radius 2 is 2.33 bits per heavy atom. The lowest BCUT2D eigenvalue weighted by atomic mass is 9.98. The summed E-state index contributed by atoms with van der Waals surface area (Å²) in [5.41, 5.74) is 5.19. The van der Waals surface area contributed by atoms with Gasteiger partial charge in [-0.15, -0.1) is 0 Å². The summed E-state index contributed by atoms with van der Waals surface area (Å²) >= 11 is 0. The number of rotatable bonds is 5. The van der Waals surface area contributed by atoms with Crippen LogP contribution >= 0.6 is 0 Å². The van der Waals surface area contributed by atoms with Crippen molar-refractivity contribution in [2.75, 3.05) is 26.2 Å². The van der Waals surface area contributed by atoms with Gasteiger partial charge in [-0.05, 0) is 31.8 Å². The first-order valence-corrected chi connectivity index (χ1v) is 5.82. The van der Waals surface area contributed by atoms with Gasteiger partial charge < -0.3 is 11.1 Å². The number of hydrogen-bond donors (Lipinski definition) is 2. The van der Waals surface area contributed by atoms with E-state index in [1.165, 1.54) is 12.8 Å². The number of carbonyl (C=O) groups excluding carboxylic acids is 1. The minimum atomic E-state index is -0.215. The number of likely N-dealkylation sites (tertiary alicyclic amines) is 1. The number of nitrogens with zero attached hydrogens (tertiary/aromatic N) is 1. The Balaban J connectivity index is 2.25. The van der Waals surface area contributed by atoms with Crippen molar-refractivity contribution in [3.63, 3.8) is 0 Å². The minimum absolute atomic E-state index is 0.215. The highest BCUT2D eigenvalue weighted by atomic mass is 16.1. The normalized spacial score (nSPS) is 23.3. The molecule has 4 heteroatoms. The van der Waals surface area contributed by atoms with Gasteiger partial charge in [0.1, 0.15) is 0 Å². The van der Waals surface area contributed by atoms with Crippen LogP contribution in [-0.2, 0) is 4.79 Å². The Morgan fingerprint density at radius 3 is 2.93 bits per heavy atom. The Kier molecular flexibility index (Phi) is 5.05. The molecule has 0 aromatic rings. The molecule has 0 spiro atoms. The Labute approximate surface area is 92.2 Å². The number of piperidine rings is 1. The molecule has 3 N–H and O–H groups in total. The number of amides is 1. The van der Waals surface area contributed by atoms with E-state index in [0.29, 0.717) is 18.5 Å². The van der Waals surface area contributed by atoms with Crippen LogP contribution in [0, 0.1) is 5.92 Å². The molecule has 0 aliphatic carbocycles. The molecule has 15 heavy (non-hydrogen) atoms. The third-order valence-corrected chi connectivity index (χ3v) is 2.80. The lowest BCUT2D eigenvalue weighted by Gasteiger charge is -2.32. The zero-order valence-corrected chi connectivity index (χ0v) is 9.83. The maximum atomic E-state index is 10.8. The average molecular weight is 213 g/mol. The summed E-state index contributed by atoms with van der Waals surface area (Å²) in [6.45, 7) is 7.79. The van der Waals surface area contributed by atoms with E-state index in [2.05, 4.69) is 24.1 Å². The van der Waals surface area contributed by atoms with Crippen molar-refractivity contribution in [2.24, 2.45) is 11.7 Å². The summed E-state index contributed by atoms with van der Waals surface area (Å²) in [5, 5.41) is 3.45. The van der Waals surface area contributed by atoms with Crippen LogP contribution in [0.5, 0.6) is 0 Å². The summed E-state index contributed by atoms with van der Waals surface area (Å²) in [7, 11) is 0. The fourth-order valence-electron chi connectivity index (χ4n) is 2.08. The zero-order chi connectivity index (χ0) is 11.3. The van der Waals surface area contributed by atoms with E-state index in [1.807, 2.05) is 0 Å². The van der Waals surface area contributed by atoms with Gasteiger partial charge in [-0.25, -0.2) is 0 Å². The first kappa shape index (κ1) is 12.5. The number of nitrogens with two attached hydrogens (primary N) is 1. The van der Waals surface area contributed by atoms with Crippen molar-refractivity contribution >= 4 is 5.91 Å². The summed E-state index contributed by atoms with van der Waals surface area (Å²) in [6.07, 6.45) is 2.44. The smallest absolute Gasteiger partial charge is 0.231 e. The Bertz CT molecular complexity index is 206. The number of primary amides is 1. The zero-order valence-electron chi connectivity index (χ0n) is 9.83. The molecule has 0 bridgehead atoms. The van der Waals surface area contributed by atoms with Gasteiger partial charge in [-0.1, -0.05) is 13.8 Å². The molecule has 1 amide bonds. The van der Waals surface area contributed by atoms with Crippen molar-refractivity contribution in [3.8, 4) is 0 Å². The lowest BCUT2D eigenvalue weighted by molar-refractivity contribution is -0.119. The van der Waals surface area contributed by atoms with Crippen LogP contribution in [0.15, 0.2) is 0 Å². The highest BCUT2D eigenvalue weighted by Crippen LogP contribution is 2.15. The van der Waals surface area contributed by atoms with Gasteiger partial charge in [0.05, 0.1) is 6.54 Å². The third kappa shape index (κ3) is 5.14. The Hall–Kier alpha value is -0.610. The standard InChI is InChI=1S/C11H23N3O/c1-9(2)13-6-10-4-3-5-14(7-10)8-11(12)15/h9-10,13H,3-8H2,1-2H3,(H2,12,15). The summed E-state index contributed by atoms with van der Waals surface area (Å²) in [4.78, 5) is 13.0.